The maximum atomic E-state index is 11.8. The largest absolute Gasteiger partial charge is 0.491 e. The number of nitrogens with one attached hydrogen (secondary N) is 1. The number of rotatable bonds is 1. The predicted octanol–water partition coefficient (Wildman–Crippen LogP) is 2.84. The number of hydrogen-bond acceptors (Lipinski definition) is 4. The lowest BCUT2D eigenvalue weighted by atomic mass is 9.87. The first-order chi connectivity index (χ1) is 9.24. The summed E-state index contributed by atoms with van der Waals surface area (Å²) < 4.78 is 10.8. The molecule has 4 heteroatoms. The Morgan fingerprint density at radius 1 is 1.37 bits per heavy atom. The third-order valence-corrected chi connectivity index (χ3v) is 4.27. The van der Waals surface area contributed by atoms with Crippen molar-refractivity contribution >= 4 is 11.7 Å². The number of fused-ring (bicyclic) bond motifs is 1. The predicted molar refractivity (Wildman–Crippen MR) is 72.7 cm³/mol. The lowest BCUT2D eigenvalue weighted by Gasteiger charge is -2.25. The highest BCUT2D eigenvalue weighted by atomic mass is 16.5. The van der Waals surface area contributed by atoms with Gasteiger partial charge < -0.3 is 14.8 Å². The van der Waals surface area contributed by atoms with Gasteiger partial charge in [-0.3, -0.25) is 0 Å². The third kappa shape index (κ3) is 2.15. The molecular weight excluding hydrogens is 242 g/mol. The van der Waals surface area contributed by atoms with Crippen LogP contribution in [0.3, 0.4) is 0 Å². The number of carbonyl (C=O) groups is 1. The summed E-state index contributed by atoms with van der Waals surface area (Å²) in [6.07, 6.45) is 4.93. The van der Waals surface area contributed by atoms with Gasteiger partial charge in [0.2, 0.25) is 0 Å². The van der Waals surface area contributed by atoms with Crippen LogP contribution in [0.1, 0.15) is 36.0 Å². The Hall–Kier alpha value is -1.71. The lowest BCUT2D eigenvalue weighted by Crippen LogP contribution is -2.31. The lowest BCUT2D eigenvalue weighted by molar-refractivity contribution is 0.0601. The topological polar surface area (TPSA) is 47.6 Å². The Morgan fingerprint density at radius 3 is 2.89 bits per heavy atom. The molecular formula is C15H19NO3. The number of anilines is 1. The van der Waals surface area contributed by atoms with Crippen LogP contribution < -0.4 is 10.1 Å². The molecule has 1 aliphatic carbocycles. The summed E-state index contributed by atoms with van der Waals surface area (Å²) in [5, 5.41) is 3.42. The first-order valence-corrected chi connectivity index (χ1v) is 6.82. The fourth-order valence-corrected chi connectivity index (χ4v) is 3.12. The Morgan fingerprint density at radius 2 is 2.16 bits per heavy atom. The summed E-state index contributed by atoms with van der Waals surface area (Å²) >= 11 is 0. The monoisotopic (exact) mass is 261 g/mol. The van der Waals surface area contributed by atoms with E-state index in [1.165, 1.54) is 32.8 Å². The zero-order valence-electron chi connectivity index (χ0n) is 11.2. The minimum absolute atomic E-state index is 0.229. The molecule has 0 aromatic heterocycles. The number of methoxy groups -OCH3 is 1. The molecule has 1 spiro atoms. The van der Waals surface area contributed by atoms with E-state index in [2.05, 4.69) is 5.32 Å². The Balaban J connectivity index is 1.92. The smallest absolute Gasteiger partial charge is 0.340 e. The van der Waals surface area contributed by atoms with Crippen molar-refractivity contribution in [2.45, 2.75) is 25.7 Å². The number of benzene rings is 1. The fourth-order valence-electron chi connectivity index (χ4n) is 3.12. The molecule has 0 atom stereocenters. The second kappa shape index (κ2) is 4.76. The normalized spacial score (nSPS) is 20.1. The fraction of sp³-hybridized carbons (Fsp3) is 0.533. The number of ether oxygens (including phenoxy) is 2. The van der Waals surface area contributed by atoms with Crippen molar-refractivity contribution < 1.29 is 14.3 Å². The molecule has 1 saturated carbocycles. The van der Waals surface area contributed by atoms with Crippen molar-refractivity contribution in [1.82, 2.24) is 0 Å². The quantitative estimate of drug-likeness (QED) is 0.790. The molecule has 1 aromatic carbocycles. The van der Waals surface area contributed by atoms with Crippen LogP contribution in [-0.2, 0) is 4.74 Å². The van der Waals surface area contributed by atoms with Crippen molar-refractivity contribution in [2.75, 3.05) is 25.6 Å². The maximum Gasteiger partial charge on any atom is 0.340 e. The van der Waals surface area contributed by atoms with Gasteiger partial charge in [-0.15, -0.1) is 0 Å². The van der Waals surface area contributed by atoms with Crippen molar-refractivity contribution in [3.63, 3.8) is 0 Å². The number of para-hydroxylation sites is 1. The Kier molecular flexibility index (Phi) is 3.09. The molecule has 1 aliphatic heterocycles. The van der Waals surface area contributed by atoms with Crippen molar-refractivity contribution in [1.29, 1.82) is 0 Å². The summed E-state index contributed by atoms with van der Waals surface area (Å²) in [5.74, 6) is 0.432. The van der Waals surface area contributed by atoms with Crippen LogP contribution in [0.5, 0.6) is 5.75 Å². The van der Waals surface area contributed by atoms with Crippen LogP contribution in [0, 0.1) is 5.41 Å². The molecule has 0 unspecified atom stereocenters. The molecule has 102 valence electrons. The van der Waals surface area contributed by atoms with E-state index in [9.17, 15) is 4.79 Å². The van der Waals surface area contributed by atoms with Crippen molar-refractivity contribution in [2.24, 2.45) is 5.41 Å². The molecule has 1 aromatic rings. The Bertz CT molecular complexity index is 492. The average Bonchev–Trinajstić information content (AvgIpc) is 2.82. The second-order valence-corrected chi connectivity index (χ2v) is 5.52. The van der Waals surface area contributed by atoms with Crippen LogP contribution in [0.25, 0.3) is 0 Å². The minimum Gasteiger partial charge on any atom is -0.491 e. The molecule has 19 heavy (non-hydrogen) atoms. The average molecular weight is 261 g/mol. The van der Waals surface area contributed by atoms with Gasteiger partial charge in [0.1, 0.15) is 5.75 Å². The molecule has 2 aliphatic rings. The molecule has 0 radical (unpaired) electrons. The second-order valence-electron chi connectivity index (χ2n) is 5.52. The van der Waals surface area contributed by atoms with E-state index in [0.29, 0.717) is 5.56 Å². The number of hydrogen-bond donors (Lipinski definition) is 1. The summed E-state index contributed by atoms with van der Waals surface area (Å²) in [7, 11) is 1.40. The molecule has 1 heterocycles. The van der Waals surface area contributed by atoms with E-state index in [1.54, 1.807) is 6.07 Å². The summed E-state index contributed by atoms with van der Waals surface area (Å²) in [5.41, 5.74) is 1.56. The van der Waals surface area contributed by atoms with Gasteiger partial charge in [-0.1, -0.05) is 18.9 Å². The van der Waals surface area contributed by atoms with Crippen LogP contribution in [0.4, 0.5) is 5.69 Å². The molecule has 0 bridgehead atoms. The molecule has 0 amide bonds. The SMILES string of the molecule is COC(=O)c1cccc2c1NCC1(CCCC1)CO2. The van der Waals surface area contributed by atoms with Crippen LogP contribution in [-0.4, -0.2) is 26.2 Å². The zero-order chi connectivity index (χ0) is 13.3. The van der Waals surface area contributed by atoms with Crippen molar-refractivity contribution in [3.05, 3.63) is 23.8 Å². The van der Waals surface area contributed by atoms with Crippen LogP contribution in [0.15, 0.2) is 18.2 Å². The van der Waals surface area contributed by atoms with Gasteiger partial charge in [-0.2, -0.15) is 0 Å². The van der Waals surface area contributed by atoms with Gasteiger partial charge >= 0.3 is 5.97 Å². The summed E-state index contributed by atoms with van der Waals surface area (Å²) in [4.78, 5) is 11.8. The van der Waals surface area contributed by atoms with Gasteiger partial charge in [-0.05, 0) is 25.0 Å². The van der Waals surface area contributed by atoms with E-state index in [1.807, 2.05) is 12.1 Å². The van der Waals surface area contributed by atoms with Crippen molar-refractivity contribution in [3.8, 4) is 5.75 Å². The van der Waals surface area contributed by atoms with E-state index >= 15 is 0 Å². The summed E-state index contributed by atoms with van der Waals surface area (Å²) in [6, 6.07) is 5.51. The highest BCUT2D eigenvalue weighted by Gasteiger charge is 2.37. The highest BCUT2D eigenvalue weighted by molar-refractivity contribution is 5.97. The maximum absolute atomic E-state index is 11.8. The van der Waals surface area contributed by atoms with Gasteiger partial charge in [0.05, 0.1) is 25.0 Å². The first kappa shape index (κ1) is 12.3. The summed E-state index contributed by atoms with van der Waals surface area (Å²) in [6.45, 7) is 1.60. The number of esters is 1. The minimum atomic E-state index is -0.324. The van der Waals surface area contributed by atoms with Gasteiger partial charge in [0.15, 0.2) is 0 Å². The molecule has 0 saturated heterocycles. The molecule has 1 fully saturated rings. The number of carbonyl (C=O) groups excluding carboxylic acids is 1. The van der Waals surface area contributed by atoms with E-state index < -0.39 is 0 Å². The first-order valence-electron chi connectivity index (χ1n) is 6.82. The van der Waals surface area contributed by atoms with Gasteiger partial charge in [0.25, 0.3) is 0 Å². The highest BCUT2D eigenvalue weighted by Crippen LogP contribution is 2.42. The standard InChI is InChI=1S/C15H19NO3/c1-18-14(17)11-5-4-6-12-13(11)16-9-15(10-19-12)7-2-3-8-15/h4-6,16H,2-3,7-10H2,1H3. The zero-order valence-corrected chi connectivity index (χ0v) is 11.2. The molecule has 4 nitrogen and oxygen atoms in total. The van der Waals surface area contributed by atoms with Crippen LogP contribution in [0.2, 0.25) is 0 Å². The van der Waals surface area contributed by atoms with Gasteiger partial charge in [0, 0.05) is 12.0 Å². The Labute approximate surface area is 113 Å². The van der Waals surface area contributed by atoms with E-state index in [0.717, 1.165) is 24.6 Å². The van der Waals surface area contributed by atoms with Gasteiger partial charge in [-0.25, -0.2) is 4.79 Å². The van der Waals surface area contributed by atoms with E-state index in [-0.39, 0.29) is 11.4 Å². The third-order valence-electron chi connectivity index (χ3n) is 4.27. The van der Waals surface area contributed by atoms with E-state index in [4.69, 9.17) is 9.47 Å². The molecule has 1 N–H and O–H groups in total. The van der Waals surface area contributed by atoms with Crippen LogP contribution >= 0.6 is 0 Å². The molecule has 3 rings (SSSR count).